The van der Waals surface area contributed by atoms with Gasteiger partial charge < -0.3 is 19.6 Å². The van der Waals surface area contributed by atoms with E-state index in [2.05, 4.69) is 15.5 Å². The van der Waals surface area contributed by atoms with E-state index in [0.717, 1.165) is 30.3 Å². The molecule has 0 radical (unpaired) electrons. The van der Waals surface area contributed by atoms with Gasteiger partial charge in [-0.05, 0) is 54.8 Å². The number of carbonyl (C=O) groups is 2. The minimum Gasteiger partial charge on any atom is -0.481 e. The molecule has 0 fully saturated rings. The Morgan fingerprint density at radius 3 is 2.45 bits per heavy atom. The summed E-state index contributed by atoms with van der Waals surface area (Å²) >= 11 is 6.00. The van der Waals surface area contributed by atoms with E-state index in [1.165, 1.54) is 0 Å². The van der Waals surface area contributed by atoms with Gasteiger partial charge in [-0.1, -0.05) is 37.0 Å². The van der Waals surface area contributed by atoms with Crippen molar-refractivity contribution in [1.29, 1.82) is 0 Å². The Balaban J connectivity index is 1.62. The predicted octanol–water partition coefficient (Wildman–Crippen LogP) is 6.75. The van der Waals surface area contributed by atoms with Crippen molar-refractivity contribution in [2.45, 2.75) is 51.7 Å². The lowest BCUT2D eigenvalue weighted by molar-refractivity contribution is -0.138. The van der Waals surface area contributed by atoms with Crippen LogP contribution < -0.4 is 10.1 Å². The number of carboxylic acids is 1. The zero-order valence-corrected chi connectivity index (χ0v) is 21.5. The van der Waals surface area contributed by atoms with Crippen molar-refractivity contribution in [2.75, 3.05) is 11.9 Å². The van der Waals surface area contributed by atoms with Crippen molar-refractivity contribution >= 4 is 29.0 Å². The zero-order valence-electron chi connectivity index (χ0n) is 20.7. The Kier molecular flexibility index (Phi) is 9.73. The number of ether oxygens (including phenoxy) is 1. The van der Waals surface area contributed by atoms with Gasteiger partial charge >= 0.3 is 18.2 Å². The Morgan fingerprint density at radius 1 is 1.13 bits per heavy atom. The average molecular weight is 554 g/mol. The van der Waals surface area contributed by atoms with Crippen LogP contribution in [0.3, 0.4) is 0 Å². The van der Waals surface area contributed by atoms with Crippen LogP contribution in [0.5, 0.6) is 6.08 Å². The van der Waals surface area contributed by atoms with Gasteiger partial charge in [0.15, 0.2) is 5.78 Å². The molecular weight excluding hydrogens is 527 g/mol. The molecule has 38 heavy (non-hydrogen) atoms. The van der Waals surface area contributed by atoms with Gasteiger partial charge in [0.25, 0.3) is 5.89 Å². The maximum atomic E-state index is 12.9. The van der Waals surface area contributed by atoms with Crippen molar-refractivity contribution < 1.29 is 37.0 Å². The highest BCUT2D eigenvalue weighted by atomic mass is 35.5. The maximum Gasteiger partial charge on any atom is 0.416 e. The second kappa shape index (κ2) is 12.8. The highest BCUT2D eigenvalue weighted by Gasteiger charge is 2.31. The minimum absolute atomic E-state index is 0.0547. The summed E-state index contributed by atoms with van der Waals surface area (Å²) < 4.78 is 49.8. The SMILES string of the molecule is CC[C@H](C)[C@@H](COc1nnc(-c2ccc(C(F)(F)F)cc2Cl)o1)Nc1ccc(C(=O)CCCC(=O)O)cc1. The molecule has 8 nitrogen and oxygen atoms in total. The molecule has 0 amide bonds. The number of alkyl halides is 3. The van der Waals surface area contributed by atoms with Crippen LogP contribution in [0.15, 0.2) is 46.9 Å². The van der Waals surface area contributed by atoms with Crippen molar-refractivity contribution in [3.8, 4) is 17.5 Å². The number of benzene rings is 2. The fraction of sp³-hybridized carbons (Fsp3) is 0.385. The second-order valence-electron chi connectivity index (χ2n) is 8.76. The van der Waals surface area contributed by atoms with E-state index in [-0.39, 0.29) is 66.2 Å². The maximum absolute atomic E-state index is 12.9. The fourth-order valence-electron chi connectivity index (χ4n) is 3.55. The summed E-state index contributed by atoms with van der Waals surface area (Å²) in [6.07, 6.45) is -3.47. The molecule has 3 aromatic rings. The fourth-order valence-corrected chi connectivity index (χ4v) is 3.81. The number of nitrogens with one attached hydrogen (secondary N) is 1. The first-order valence-electron chi connectivity index (χ1n) is 11.9. The van der Waals surface area contributed by atoms with Crippen LogP contribution in [-0.4, -0.2) is 39.7 Å². The number of Topliss-reactive ketones (excluding diaryl/α,β-unsaturated/α-hetero) is 1. The molecule has 204 valence electrons. The first-order chi connectivity index (χ1) is 18.0. The second-order valence-corrected chi connectivity index (χ2v) is 9.17. The van der Waals surface area contributed by atoms with E-state index < -0.39 is 17.7 Å². The molecule has 3 rings (SSSR count). The van der Waals surface area contributed by atoms with Gasteiger partial charge in [0.2, 0.25) is 0 Å². The molecule has 0 spiro atoms. The molecule has 0 saturated heterocycles. The van der Waals surface area contributed by atoms with E-state index in [9.17, 15) is 22.8 Å². The predicted molar refractivity (Wildman–Crippen MR) is 134 cm³/mol. The topological polar surface area (TPSA) is 115 Å². The molecule has 1 aromatic heterocycles. The molecule has 0 unspecified atom stereocenters. The summed E-state index contributed by atoms with van der Waals surface area (Å²) in [6.45, 7) is 4.20. The van der Waals surface area contributed by atoms with Gasteiger partial charge in [-0.2, -0.15) is 13.2 Å². The quantitative estimate of drug-likeness (QED) is 0.223. The van der Waals surface area contributed by atoms with Gasteiger partial charge in [0.1, 0.15) is 6.61 Å². The number of carbonyl (C=O) groups excluding carboxylic acids is 1. The summed E-state index contributed by atoms with van der Waals surface area (Å²) in [6, 6.07) is 9.53. The molecule has 12 heteroatoms. The standard InChI is InChI=1S/C26H27ClF3N3O5/c1-3-15(2)21(31-18-10-7-16(8-11-18)22(34)5-4-6-23(35)36)14-37-25-33-32-24(38-25)19-12-9-17(13-20(19)27)26(28,29)30/h7-13,15,21,31H,3-6,14H2,1-2H3,(H,35,36)/t15-,21+/m0/s1. The molecule has 1 heterocycles. The third-order valence-electron chi connectivity index (χ3n) is 6.00. The van der Waals surface area contributed by atoms with Crippen LogP contribution in [0.4, 0.5) is 18.9 Å². The van der Waals surface area contributed by atoms with Gasteiger partial charge in [-0.3, -0.25) is 9.59 Å². The summed E-state index contributed by atoms with van der Waals surface area (Å²) in [4.78, 5) is 22.9. The summed E-state index contributed by atoms with van der Waals surface area (Å²) in [5.41, 5.74) is 0.512. The lowest BCUT2D eigenvalue weighted by Crippen LogP contribution is -2.33. The van der Waals surface area contributed by atoms with Gasteiger partial charge in [0, 0.05) is 24.1 Å². The number of anilines is 1. The number of aliphatic carboxylic acids is 1. The van der Waals surface area contributed by atoms with Crippen LogP contribution in [0.25, 0.3) is 11.5 Å². The van der Waals surface area contributed by atoms with E-state index in [1.807, 2.05) is 13.8 Å². The third kappa shape index (κ3) is 7.95. The minimum atomic E-state index is -4.53. The Morgan fingerprint density at radius 2 is 1.84 bits per heavy atom. The number of nitrogens with zero attached hydrogens (tertiary/aromatic N) is 2. The van der Waals surface area contributed by atoms with Crippen LogP contribution in [-0.2, 0) is 11.0 Å². The monoisotopic (exact) mass is 553 g/mol. The number of ketones is 1. The summed E-state index contributed by atoms with van der Waals surface area (Å²) in [7, 11) is 0. The summed E-state index contributed by atoms with van der Waals surface area (Å²) in [5.74, 6) is -0.967. The molecule has 0 aliphatic heterocycles. The van der Waals surface area contributed by atoms with Crippen LogP contribution in [0.1, 0.15) is 55.5 Å². The highest BCUT2D eigenvalue weighted by Crippen LogP contribution is 2.35. The van der Waals surface area contributed by atoms with Gasteiger partial charge in [-0.15, -0.1) is 5.10 Å². The number of hydrogen-bond donors (Lipinski definition) is 2. The lowest BCUT2D eigenvalue weighted by atomic mass is 9.99. The highest BCUT2D eigenvalue weighted by molar-refractivity contribution is 6.33. The molecule has 0 saturated carbocycles. The first-order valence-corrected chi connectivity index (χ1v) is 12.3. The van der Waals surface area contributed by atoms with Crippen molar-refractivity contribution in [3.05, 3.63) is 58.6 Å². The van der Waals surface area contributed by atoms with Gasteiger partial charge in [0.05, 0.1) is 22.2 Å². The average Bonchev–Trinajstić information content (AvgIpc) is 3.34. The van der Waals surface area contributed by atoms with Crippen LogP contribution in [0.2, 0.25) is 5.02 Å². The van der Waals surface area contributed by atoms with Crippen molar-refractivity contribution in [1.82, 2.24) is 10.2 Å². The third-order valence-corrected chi connectivity index (χ3v) is 6.32. The van der Waals surface area contributed by atoms with Gasteiger partial charge in [-0.25, -0.2) is 0 Å². The zero-order chi connectivity index (χ0) is 27.9. The van der Waals surface area contributed by atoms with Crippen LogP contribution in [0, 0.1) is 5.92 Å². The van der Waals surface area contributed by atoms with E-state index in [4.69, 9.17) is 25.9 Å². The molecule has 0 bridgehead atoms. The normalized spacial score (nSPS) is 13.1. The summed E-state index contributed by atoms with van der Waals surface area (Å²) in [5, 5.41) is 19.5. The molecular formula is C26H27ClF3N3O5. The molecule has 2 N–H and O–H groups in total. The number of carboxylic acid groups (broad SMARTS) is 1. The number of rotatable bonds is 13. The first kappa shape index (κ1) is 29.0. The lowest BCUT2D eigenvalue weighted by Gasteiger charge is -2.24. The van der Waals surface area contributed by atoms with E-state index in [1.54, 1.807) is 24.3 Å². The van der Waals surface area contributed by atoms with E-state index in [0.29, 0.717) is 5.56 Å². The van der Waals surface area contributed by atoms with Crippen molar-refractivity contribution in [2.24, 2.45) is 5.92 Å². The molecule has 2 atom stereocenters. The van der Waals surface area contributed by atoms with Crippen molar-refractivity contribution in [3.63, 3.8) is 0 Å². The number of halogens is 4. The van der Waals surface area contributed by atoms with Crippen LogP contribution >= 0.6 is 11.6 Å². The van der Waals surface area contributed by atoms with E-state index >= 15 is 0 Å². The Bertz CT molecular complexity index is 1250. The number of hydrogen-bond acceptors (Lipinski definition) is 7. The Labute approximate surface area is 222 Å². The molecule has 0 aliphatic rings. The molecule has 2 aromatic carbocycles. The smallest absolute Gasteiger partial charge is 0.416 e. The molecule has 0 aliphatic carbocycles. The largest absolute Gasteiger partial charge is 0.481 e. The number of aromatic nitrogens is 2. The Hall–Kier alpha value is -3.60.